The molecule has 7 heteroatoms. The molecule has 0 radical (unpaired) electrons. The van der Waals surface area contributed by atoms with Crippen molar-refractivity contribution in [1.82, 2.24) is 9.97 Å². The third kappa shape index (κ3) is 2.94. The maximum atomic E-state index is 13.4. The van der Waals surface area contributed by atoms with E-state index >= 15 is 0 Å². The number of nitrogens with one attached hydrogen (secondary N) is 1. The SMILES string of the molecule is Cc1cc(Oc2ccc(C#N)c(F)c2)nc(NN)n1. The number of ether oxygens (including phenoxy) is 1. The van der Waals surface area contributed by atoms with E-state index < -0.39 is 5.82 Å². The summed E-state index contributed by atoms with van der Waals surface area (Å²) in [7, 11) is 0. The highest BCUT2D eigenvalue weighted by atomic mass is 19.1. The zero-order valence-corrected chi connectivity index (χ0v) is 10.0. The number of hydrazine groups is 1. The van der Waals surface area contributed by atoms with Crippen LogP contribution in [-0.4, -0.2) is 9.97 Å². The number of aromatic nitrogens is 2. The first-order chi connectivity index (χ1) is 9.12. The first-order valence-corrected chi connectivity index (χ1v) is 5.32. The highest BCUT2D eigenvalue weighted by Crippen LogP contribution is 2.23. The molecule has 0 unspecified atom stereocenters. The van der Waals surface area contributed by atoms with Gasteiger partial charge in [0.15, 0.2) is 0 Å². The molecule has 0 spiro atoms. The van der Waals surface area contributed by atoms with Gasteiger partial charge >= 0.3 is 0 Å². The molecular formula is C12H10FN5O. The van der Waals surface area contributed by atoms with Crippen LogP contribution in [0.5, 0.6) is 11.6 Å². The fraction of sp³-hybridized carbons (Fsp3) is 0.0833. The van der Waals surface area contributed by atoms with Gasteiger partial charge in [-0.05, 0) is 19.1 Å². The third-order valence-electron chi connectivity index (χ3n) is 2.24. The number of nitriles is 1. The van der Waals surface area contributed by atoms with E-state index in [9.17, 15) is 4.39 Å². The normalized spacial score (nSPS) is 9.79. The van der Waals surface area contributed by atoms with Crippen LogP contribution >= 0.6 is 0 Å². The summed E-state index contributed by atoms with van der Waals surface area (Å²) < 4.78 is 18.8. The molecule has 0 fully saturated rings. The molecule has 1 aromatic carbocycles. The lowest BCUT2D eigenvalue weighted by molar-refractivity contribution is 0.456. The summed E-state index contributed by atoms with van der Waals surface area (Å²) >= 11 is 0. The maximum absolute atomic E-state index is 13.4. The molecular weight excluding hydrogens is 249 g/mol. The lowest BCUT2D eigenvalue weighted by atomic mass is 10.2. The summed E-state index contributed by atoms with van der Waals surface area (Å²) in [6.07, 6.45) is 0. The van der Waals surface area contributed by atoms with Crippen molar-refractivity contribution in [2.24, 2.45) is 5.84 Å². The van der Waals surface area contributed by atoms with Gasteiger partial charge in [-0.1, -0.05) is 0 Å². The van der Waals surface area contributed by atoms with E-state index in [-0.39, 0.29) is 23.1 Å². The van der Waals surface area contributed by atoms with Crippen molar-refractivity contribution < 1.29 is 9.13 Å². The number of nitrogen functional groups attached to an aromatic ring is 1. The smallest absolute Gasteiger partial charge is 0.240 e. The number of nitrogens with two attached hydrogens (primary N) is 1. The van der Waals surface area contributed by atoms with Gasteiger partial charge in [-0.25, -0.2) is 15.2 Å². The van der Waals surface area contributed by atoms with Gasteiger partial charge in [-0.3, -0.25) is 5.43 Å². The number of rotatable bonds is 3. The molecule has 19 heavy (non-hydrogen) atoms. The van der Waals surface area contributed by atoms with Gasteiger partial charge in [-0.2, -0.15) is 10.2 Å². The molecule has 6 nitrogen and oxygen atoms in total. The number of nitrogens with zero attached hydrogens (tertiary/aromatic N) is 3. The monoisotopic (exact) mass is 259 g/mol. The molecule has 0 aliphatic rings. The summed E-state index contributed by atoms with van der Waals surface area (Å²) in [6.45, 7) is 1.74. The van der Waals surface area contributed by atoms with Crippen LogP contribution in [0.4, 0.5) is 10.3 Å². The van der Waals surface area contributed by atoms with Gasteiger partial charge in [0, 0.05) is 17.8 Å². The van der Waals surface area contributed by atoms with Crippen molar-refractivity contribution in [3.8, 4) is 17.7 Å². The van der Waals surface area contributed by atoms with Crippen LogP contribution in [0.15, 0.2) is 24.3 Å². The Morgan fingerprint density at radius 3 is 2.79 bits per heavy atom. The maximum Gasteiger partial charge on any atom is 0.240 e. The standard InChI is InChI=1S/C12H10FN5O/c1-7-4-11(17-12(16-7)18-15)19-9-3-2-8(6-14)10(13)5-9/h2-5H,15H2,1H3,(H,16,17,18). The Balaban J connectivity index is 2.28. The van der Waals surface area contributed by atoms with E-state index in [1.54, 1.807) is 19.1 Å². The van der Waals surface area contributed by atoms with Crippen LogP contribution in [0, 0.1) is 24.1 Å². The predicted molar refractivity (Wildman–Crippen MR) is 65.8 cm³/mol. The summed E-state index contributed by atoms with van der Waals surface area (Å²) in [4.78, 5) is 7.96. The zero-order chi connectivity index (χ0) is 13.8. The average Bonchev–Trinajstić information content (AvgIpc) is 2.38. The molecule has 0 saturated heterocycles. The van der Waals surface area contributed by atoms with Crippen LogP contribution in [0.25, 0.3) is 0 Å². The Kier molecular flexibility index (Phi) is 3.54. The summed E-state index contributed by atoms with van der Waals surface area (Å²) in [5, 5.41) is 8.63. The van der Waals surface area contributed by atoms with Crippen LogP contribution < -0.4 is 16.0 Å². The van der Waals surface area contributed by atoms with E-state index in [2.05, 4.69) is 15.4 Å². The number of halogens is 1. The number of hydrogen-bond acceptors (Lipinski definition) is 6. The Morgan fingerprint density at radius 1 is 1.37 bits per heavy atom. The number of hydrogen-bond donors (Lipinski definition) is 2. The van der Waals surface area contributed by atoms with Crippen molar-refractivity contribution in [3.63, 3.8) is 0 Å². The van der Waals surface area contributed by atoms with Crippen LogP contribution in [0.3, 0.4) is 0 Å². The zero-order valence-electron chi connectivity index (χ0n) is 10.0. The predicted octanol–water partition coefficient (Wildman–Crippen LogP) is 1.87. The molecule has 0 atom stereocenters. The number of benzene rings is 1. The minimum atomic E-state index is -0.650. The summed E-state index contributed by atoms with van der Waals surface area (Å²) in [6, 6.07) is 7.24. The molecule has 0 bridgehead atoms. The van der Waals surface area contributed by atoms with Gasteiger partial charge in [-0.15, -0.1) is 0 Å². The second-order valence-electron chi connectivity index (χ2n) is 3.67. The summed E-state index contributed by atoms with van der Waals surface area (Å²) in [5.41, 5.74) is 2.90. The minimum absolute atomic E-state index is 0.0458. The second-order valence-corrected chi connectivity index (χ2v) is 3.67. The molecule has 0 aliphatic heterocycles. The average molecular weight is 259 g/mol. The Morgan fingerprint density at radius 2 is 2.16 bits per heavy atom. The Labute approximate surface area is 108 Å². The second kappa shape index (κ2) is 5.29. The lowest BCUT2D eigenvalue weighted by Gasteiger charge is -2.07. The fourth-order valence-electron chi connectivity index (χ4n) is 1.43. The topological polar surface area (TPSA) is 96.8 Å². The first kappa shape index (κ1) is 12.7. The molecule has 1 heterocycles. The van der Waals surface area contributed by atoms with E-state index in [1.807, 2.05) is 0 Å². The molecule has 0 amide bonds. The van der Waals surface area contributed by atoms with Crippen LogP contribution in [0.2, 0.25) is 0 Å². The quantitative estimate of drug-likeness (QED) is 0.645. The van der Waals surface area contributed by atoms with Gasteiger partial charge in [0.2, 0.25) is 11.8 Å². The van der Waals surface area contributed by atoms with E-state index in [0.29, 0.717) is 5.69 Å². The Bertz CT molecular complexity index is 653. The van der Waals surface area contributed by atoms with E-state index in [4.69, 9.17) is 15.8 Å². The fourth-order valence-corrected chi connectivity index (χ4v) is 1.43. The summed E-state index contributed by atoms with van der Waals surface area (Å²) in [5.74, 6) is 5.22. The van der Waals surface area contributed by atoms with Crippen molar-refractivity contribution >= 4 is 5.95 Å². The molecule has 2 aromatic rings. The van der Waals surface area contributed by atoms with Gasteiger partial charge in [0.05, 0.1) is 5.56 Å². The largest absolute Gasteiger partial charge is 0.439 e. The third-order valence-corrected chi connectivity index (χ3v) is 2.24. The molecule has 3 N–H and O–H groups in total. The van der Waals surface area contributed by atoms with Crippen LogP contribution in [0.1, 0.15) is 11.3 Å². The van der Waals surface area contributed by atoms with E-state index in [1.165, 1.54) is 12.1 Å². The molecule has 1 aromatic heterocycles. The van der Waals surface area contributed by atoms with Crippen molar-refractivity contribution in [2.75, 3.05) is 5.43 Å². The van der Waals surface area contributed by atoms with Gasteiger partial charge in [0.25, 0.3) is 0 Å². The molecule has 2 rings (SSSR count). The number of anilines is 1. The molecule has 0 saturated carbocycles. The highest BCUT2D eigenvalue weighted by molar-refractivity contribution is 5.38. The van der Waals surface area contributed by atoms with Gasteiger partial charge in [0.1, 0.15) is 17.6 Å². The van der Waals surface area contributed by atoms with E-state index in [0.717, 1.165) is 6.07 Å². The van der Waals surface area contributed by atoms with Crippen molar-refractivity contribution in [2.45, 2.75) is 6.92 Å². The minimum Gasteiger partial charge on any atom is -0.439 e. The molecule has 96 valence electrons. The number of aryl methyl sites for hydroxylation is 1. The first-order valence-electron chi connectivity index (χ1n) is 5.32. The van der Waals surface area contributed by atoms with Crippen molar-refractivity contribution in [3.05, 3.63) is 41.3 Å². The van der Waals surface area contributed by atoms with Crippen LogP contribution in [-0.2, 0) is 0 Å². The Hall–Kier alpha value is -2.72. The van der Waals surface area contributed by atoms with Gasteiger partial charge < -0.3 is 4.74 Å². The lowest BCUT2D eigenvalue weighted by Crippen LogP contribution is -2.11. The highest BCUT2D eigenvalue weighted by Gasteiger charge is 2.07. The van der Waals surface area contributed by atoms with Crippen molar-refractivity contribution in [1.29, 1.82) is 5.26 Å². The molecule has 0 aliphatic carbocycles.